The molecule has 1 amide bonds. The van der Waals surface area contributed by atoms with Gasteiger partial charge in [0.25, 0.3) is 5.91 Å². The number of carbonyl (C=O) groups is 1. The van der Waals surface area contributed by atoms with Crippen molar-refractivity contribution in [3.8, 4) is 22.6 Å². The highest BCUT2D eigenvalue weighted by Crippen LogP contribution is 2.28. The van der Waals surface area contributed by atoms with E-state index in [1.807, 2.05) is 54.6 Å². The standard InChI is InChI=1S/C23H23N3O4/c1-28-20-13-12-17(14-21(20)29-2)23(24)26-30-15-22(27)25-19-11-7-6-10-18(19)16-8-4-3-5-9-16/h3-14H,15H2,1-2H3,(H2,24,26)(H,25,27). The summed E-state index contributed by atoms with van der Waals surface area (Å²) in [4.78, 5) is 17.5. The molecule has 0 bridgehead atoms. The van der Waals surface area contributed by atoms with Gasteiger partial charge in [0.05, 0.1) is 14.2 Å². The first kappa shape index (κ1) is 20.7. The molecule has 3 aromatic rings. The van der Waals surface area contributed by atoms with Gasteiger partial charge in [-0.1, -0.05) is 53.7 Å². The van der Waals surface area contributed by atoms with E-state index in [9.17, 15) is 4.79 Å². The third-order valence-corrected chi connectivity index (χ3v) is 4.32. The minimum Gasteiger partial charge on any atom is -0.493 e. The summed E-state index contributed by atoms with van der Waals surface area (Å²) in [6.07, 6.45) is 0. The summed E-state index contributed by atoms with van der Waals surface area (Å²) in [5.74, 6) is 0.866. The quantitative estimate of drug-likeness (QED) is 0.339. The zero-order valence-electron chi connectivity index (χ0n) is 16.8. The lowest BCUT2D eigenvalue weighted by molar-refractivity contribution is -0.120. The number of hydrogen-bond acceptors (Lipinski definition) is 5. The molecule has 0 aromatic heterocycles. The number of oxime groups is 1. The van der Waals surface area contributed by atoms with Crippen molar-refractivity contribution in [1.82, 2.24) is 0 Å². The first-order valence-corrected chi connectivity index (χ1v) is 9.24. The molecular formula is C23H23N3O4. The summed E-state index contributed by atoms with van der Waals surface area (Å²) in [6, 6.07) is 22.5. The van der Waals surface area contributed by atoms with Crippen molar-refractivity contribution in [3.05, 3.63) is 78.4 Å². The van der Waals surface area contributed by atoms with Crippen LogP contribution in [0.4, 0.5) is 5.69 Å². The van der Waals surface area contributed by atoms with E-state index in [4.69, 9.17) is 20.0 Å². The van der Waals surface area contributed by atoms with Gasteiger partial charge in [0.2, 0.25) is 0 Å². The molecule has 0 heterocycles. The van der Waals surface area contributed by atoms with Crippen molar-refractivity contribution in [2.75, 3.05) is 26.1 Å². The Morgan fingerprint density at radius 3 is 2.37 bits per heavy atom. The number of hydrogen-bond donors (Lipinski definition) is 2. The van der Waals surface area contributed by atoms with Crippen LogP contribution in [0.5, 0.6) is 11.5 Å². The van der Waals surface area contributed by atoms with Gasteiger partial charge in [0.15, 0.2) is 23.9 Å². The van der Waals surface area contributed by atoms with E-state index in [-0.39, 0.29) is 18.3 Å². The molecule has 0 atom stereocenters. The molecule has 3 N–H and O–H groups in total. The Hall–Kier alpha value is -4.00. The summed E-state index contributed by atoms with van der Waals surface area (Å²) in [5, 5.41) is 6.67. The maximum absolute atomic E-state index is 12.3. The Labute approximate surface area is 175 Å². The van der Waals surface area contributed by atoms with Crippen molar-refractivity contribution in [1.29, 1.82) is 0 Å². The van der Waals surface area contributed by atoms with E-state index >= 15 is 0 Å². The fourth-order valence-corrected chi connectivity index (χ4v) is 2.86. The number of carbonyl (C=O) groups excluding carboxylic acids is 1. The molecule has 0 aliphatic rings. The van der Waals surface area contributed by atoms with Gasteiger partial charge in [0.1, 0.15) is 0 Å². The molecule has 0 saturated heterocycles. The van der Waals surface area contributed by atoms with E-state index in [2.05, 4.69) is 10.5 Å². The van der Waals surface area contributed by atoms with E-state index in [0.29, 0.717) is 22.7 Å². The van der Waals surface area contributed by atoms with Gasteiger partial charge in [-0.3, -0.25) is 4.79 Å². The lowest BCUT2D eigenvalue weighted by atomic mass is 10.0. The largest absolute Gasteiger partial charge is 0.493 e. The molecule has 7 heteroatoms. The minimum absolute atomic E-state index is 0.119. The van der Waals surface area contributed by atoms with Crippen LogP contribution in [-0.4, -0.2) is 32.6 Å². The Morgan fingerprint density at radius 2 is 1.63 bits per heavy atom. The predicted molar refractivity (Wildman–Crippen MR) is 117 cm³/mol. The van der Waals surface area contributed by atoms with Gasteiger partial charge in [-0.05, 0) is 29.8 Å². The molecule has 0 saturated carbocycles. The van der Waals surface area contributed by atoms with E-state index in [1.54, 1.807) is 25.3 Å². The van der Waals surface area contributed by atoms with E-state index < -0.39 is 0 Å². The fourth-order valence-electron chi connectivity index (χ4n) is 2.86. The second-order valence-corrected chi connectivity index (χ2v) is 6.28. The minimum atomic E-state index is -0.345. The number of methoxy groups -OCH3 is 2. The maximum atomic E-state index is 12.3. The topological polar surface area (TPSA) is 95.2 Å². The second kappa shape index (κ2) is 9.97. The lowest BCUT2D eigenvalue weighted by Gasteiger charge is -2.11. The first-order valence-electron chi connectivity index (χ1n) is 9.24. The summed E-state index contributed by atoms with van der Waals surface area (Å²) in [5.41, 5.74) is 9.14. The van der Waals surface area contributed by atoms with E-state index in [0.717, 1.165) is 11.1 Å². The van der Waals surface area contributed by atoms with Gasteiger partial charge in [-0.15, -0.1) is 0 Å². The van der Waals surface area contributed by atoms with Gasteiger partial charge in [-0.25, -0.2) is 0 Å². The average Bonchev–Trinajstić information content (AvgIpc) is 2.79. The smallest absolute Gasteiger partial charge is 0.265 e. The van der Waals surface area contributed by atoms with Crippen LogP contribution in [0, 0.1) is 0 Å². The second-order valence-electron chi connectivity index (χ2n) is 6.28. The molecule has 0 aliphatic carbocycles. The molecule has 7 nitrogen and oxygen atoms in total. The Balaban J connectivity index is 1.63. The molecule has 0 spiro atoms. The summed E-state index contributed by atoms with van der Waals surface area (Å²) in [6.45, 7) is -0.281. The van der Waals surface area contributed by atoms with Crippen molar-refractivity contribution >= 4 is 17.4 Å². The number of benzene rings is 3. The van der Waals surface area contributed by atoms with Crippen LogP contribution in [0.3, 0.4) is 0 Å². The Kier molecular flexibility index (Phi) is 6.89. The monoisotopic (exact) mass is 405 g/mol. The van der Waals surface area contributed by atoms with Crippen LogP contribution in [0.2, 0.25) is 0 Å². The molecule has 0 unspecified atom stereocenters. The van der Waals surface area contributed by atoms with Crippen molar-refractivity contribution < 1.29 is 19.1 Å². The van der Waals surface area contributed by atoms with Crippen molar-refractivity contribution in [2.24, 2.45) is 10.9 Å². The molecule has 3 aromatic carbocycles. The highest BCUT2D eigenvalue weighted by molar-refractivity contribution is 5.98. The first-order chi connectivity index (χ1) is 14.6. The van der Waals surface area contributed by atoms with Crippen LogP contribution in [0.1, 0.15) is 5.56 Å². The highest BCUT2D eigenvalue weighted by atomic mass is 16.6. The zero-order valence-corrected chi connectivity index (χ0v) is 16.8. The van der Waals surface area contributed by atoms with Gasteiger partial charge >= 0.3 is 0 Å². The number of para-hydroxylation sites is 1. The molecular weight excluding hydrogens is 382 g/mol. The van der Waals surface area contributed by atoms with Crippen LogP contribution in [0.15, 0.2) is 78.0 Å². The molecule has 0 radical (unpaired) electrons. The van der Waals surface area contributed by atoms with E-state index in [1.165, 1.54) is 7.11 Å². The van der Waals surface area contributed by atoms with Gasteiger partial charge < -0.3 is 25.4 Å². The Morgan fingerprint density at radius 1 is 0.933 bits per heavy atom. The zero-order chi connectivity index (χ0) is 21.3. The Bertz CT molecular complexity index is 1040. The third-order valence-electron chi connectivity index (χ3n) is 4.32. The number of nitrogens with two attached hydrogens (primary N) is 1. The van der Waals surface area contributed by atoms with Crippen molar-refractivity contribution in [3.63, 3.8) is 0 Å². The molecule has 0 aliphatic heterocycles. The third kappa shape index (κ3) is 5.08. The predicted octanol–water partition coefficient (Wildman–Crippen LogP) is 3.65. The van der Waals surface area contributed by atoms with Gasteiger partial charge in [-0.2, -0.15) is 0 Å². The maximum Gasteiger partial charge on any atom is 0.265 e. The number of amides is 1. The number of nitrogens with one attached hydrogen (secondary N) is 1. The van der Waals surface area contributed by atoms with Crippen LogP contribution < -0.4 is 20.5 Å². The van der Waals surface area contributed by atoms with Gasteiger partial charge in [0, 0.05) is 16.8 Å². The number of anilines is 1. The summed E-state index contributed by atoms with van der Waals surface area (Å²) < 4.78 is 10.4. The number of ether oxygens (including phenoxy) is 2. The number of nitrogens with zero attached hydrogens (tertiary/aromatic N) is 1. The molecule has 30 heavy (non-hydrogen) atoms. The molecule has 154 valence electrons. The summed E-state index contributed by atoms with van der Waals surface area (Å²) >= 11 is 0. The normalized spacial score (nSPS) is 10.9. The number of rotatable bonds is 8. The van der Waals surface area contributed by atoms with Crippen LogP contribution in [0.25, 0.3) is 11.1 Å². The lowest BCUT2D eigenvalue weighted by Crippen LogP contribution is -2.19. The summed E-state index contributed by atoms with van der Waals surface area (Å²) in [7, 11) is 3.08. The van der Waals surface area contributed by atoms with Crippen LogP contribution in [-0.2, 0) is 9.63 Å². The molecule has 0 fully saturated rings. The average molecular weight is 405 g/mol. The molecule has 3 rings (SSSR count). The number of amidine groups is 1. The van der Waals surface area contributed by atoms with Crippen LogP contribution >= 0.6 is 0 Å². The fraction of sp³-hybridized carbons (Fsp3) is 0.130. The highest BCUT2D eigenvalue weighted by Gasteiger charge is 2.10. The SMILES string of the molecule is COc1ccc(/C(N)=N/OCC(=O)Nc2ccccc2-c2ccccc2)cc1OC. The van der Waals surface area contributed by atoms with Crippen molar-refractivity contribution in [2.45, 2.75) is 0 Å².